The van der Waals surface area contributed by atoms with Crippen LogP contribution in [0.2, 0.25) is 0 Å². The second kappa shape index (κ2) is 8.50. The number of ether oxygens (including phenoxy) is 3. The number of halogens is 1. The predicted octanol–water partition coefficient (Wildman–Crippen LogP) is 5.33. The van der Waals surface area contributed by atoms with Crippen molar-refractivity contribution in [3.8, 4) is 5.75 Å². The summed E-state index contributed by atoms with van der Waals surface area (Å²) in [6.45, 7) is 2.55. The monoisotopic (exact) mass is 442 g/mol. The van der Waals surface area contributed by atoms with E-state index in [1.165, 1.54) is 6.26 Å². The highest BCUT2D eigenvalue weighted by molar-refractivity contribution is 9.10. The van der Waals surface area contributed by atoms with Crippen LogP contribution in [0.15, 0.2) is 65.0 Å². The van der Waals surface area contributed by atoms with Crippen molar-refractivity contribution in [3.05, 3.63) is 76.2 Å². The Balaban J connectivity index is 1.35. The Morgan fingerprint density at radius 2 is 2.00 bits per heavy atom. The molecule has 28 heavy (non-hydrogen) atoms. The molecule has 3 atom stereocenters. The fourth-order valence-electron chi connectivity index (χ4n) is 3.81. The van der Waals surface area contributed by atoms with Crippen molar-refractivity contribution in [2.75, 3.05) is 0 Å². The largest absolute Gasteiger partial charge is 0.493 e. The highest BCUT2D eigenvalue weighted by atomic mass is 79.9. The van der Waals surface area contributed by atoms with Gasteiger partial charge in [-0.05, 0) is 55.2 Å². The van der Waals surface area contributed by atoms with Gasteiger partial charge in [0.25, 0.3) is 0 Å². The highest BCUT2D eigenvalue weighted by Gasteiger charge is 2.41. The van der Waals surface area contributed by atoms with Crippen molar-refractivity contribution >= 4 is 21.7 Å². The first-order valence-corrected chi connectivity index (χ1v) is 10.4. The minimum absolute atomic E-state index is 0.0307. The van der Waals surface area contributed by atoms with Crippen molar-refractivity contribution < 1.29 is 19.0 Å². The number of hydrogen-bond donors (Lipinski definition) is 0. The summed E-state index contributed by atoms with van der Waals surface area (Å²) >= 11 is 3.48. The fourth-order valence-corrected chi connectivity index (χ4v) is 4.25. The average Bonchev–Trinajstić information content (AvgIpc) is 2.69. The minimum Gasteiger partial charge on any atom is -0.493 e. The molecule has 0 radical (unpaired) electrons. The molecule has 0 saturated heterocycles. The van der Waals surface area contributed by atoms with Crippen LogP contribution >= 0.6 is 15.9 Å². The lowest BCUT2D eigenvalue weighted by Gasteiger charge is -2.37. The van der Waals surface area contributed by atoms with Crippen LogP contribution in [0.5, 0.6) is 5.75 Å². The van der Waals surface area contributed by atoms with E-state index in [0.717, 1.165) is 34.9 Å². The lowest BCUT2D eigenvalue weighted by molar-refractivity contribution is -0.134. The van der Waals surface area contributed by atoms with Crippen LogP contribution in [-0.4, -0.2) is 18.0 Å². The minimum atomic E-state index is -0.157. The van der Waals surface area contributed by atoms with E-state index in [1.54, 1.807) is 0 Å². The number of benzene rings is 2. The van der Waals surface area contributed by atoms with Crippen molar-refractivity contribution in [3.63, 3.8) is 0 Å². The first kappa shape index (κ1) is 19.2. The zero-order valence-corrected chi connectivity index (χ0v) is 17.4. The number of allylic oxidation sites excluding steroid dienone is 1. The third-order valence-corrected chi connectivity index (χ3v) is 5.76. The number of carbonyl (C=O) groups excluding carboxylic acids is 1. The highest BCUT2D eigenvalue weighted by Crippen LogP contribution is 2.35. The van der Waals surface area contributed by atoms with E-state index in [4.69, 9.17) is 14.2 Å². The van der Waals surface area contributed by atoms with Crippen LogP contribution in [0.25, 0.3) is 0 Å². The van der Waals surface area contributed by atoms with Crippen LogP contribution < -0.4 is 4.74 Å². The quantitative estimate of drug-likeness (QED) is 0.627. The molecule has 5 heteroatoms. The molecule has 0 amide bonds. The van der Waals surface area contributed by atoms with E-state index in [1.807, 2.05) is 43.3 Å². The van der Waals surface area contributed by atoms with Gasteiger partial charge in [0.15, 0.2) is 0 Å². The summed E-state index contributed by atoms with van der Waals surface area (Å²) in [6.07, 6.45) is 3.75. The number of rotatable bonds is 5. The normalized spacial score (nSPS) is 24.1. The van der Waals surface area contributed by atoms with E-state index < -0.39 is 0 Å². The first-order chi connectivity index (χ1) is 13.6. The molecule has 1 aliphatic carbocycles. The van der Waals surface area contributed by atoms with Gasteiger partial charge >= 0.3 is 0 Å². The average molecular weight is 443 g/mol. The molecule has 2 aromatic carbocycles. The van der Waals surface area contributed by atoms with E-state index in [9.17, 15) is 4.79 Å². The number of hydrogen-bond acceptors (Lipinski definition) is 4. The summed E-state index contributed by atoms with van der Waals surface area (Å²) in [6, 6.07) is 15.8. The molecule has 146 valence electrons. The molecule has 4 nitrogen and oxygen atoms in total. The summed E-state index contributed by atoms with van der Waals surface area (Å²) in [5, 5.41) is 0. The first-order valence-electron chi connectivity index (χ1n) is 9.59. The van der Waals surface area contributed by atoms with Crippen LogP contribution in [0, 0.1) is 12.8 Å². The van der Waals surface area contributed by atoms with Gasteiger partial charge < -0.3 is 14.2 Å². The molecule has 2 aromatic rings. The number of carbonyl (C=O) groups is 1. The topological polar surface area (TPSA) is 44.8 Å². The molecule has 0 N–H and O–H groups in total. The maximum Gasteiger partial charge on any atom is 0.207 e. The van der Waals surface area contributed by atoms with Crippen molar-refractivity contribution in [2.45, 2.75) is 45.0 Å². The molecule has 4 rings (SSSR count). The number of Topliss-reactive ketones (excluding diaryl/α,β-unsaturated/α-hetero) is 1. The number of ketones is 1. The van der Waals surface area contributed by atoms with Gasteiger partial charge in [0.05, 0.1) is 18.6 Å². The van der Waals surface area contributed by atoms with Crippen molar-refractivity contribution in [2.24, 2.45) is 5.92 Å². The molecule has 1 heterocycles. The van der Waals surface area contributed by atoms with E-state index in [-0.39, 0.29) is 23.9 Å². The molecule has 1 aliphatic heterocycles. The molecular weight excluding hydrogens is 420 g/mol. The molecule has 3 unspecified atom stereocenters. The fraction of sp³-hybridized carbons (Fsp3) is 0.348. The van der Waals surface area contributed by atoms with Gasteiger partial charge in [0.1, 0.15) is 18.1 Å². The summed E-state index contributed by atoms with van der Waals surface area (Å²) in [7, 11) is 0. The van der Waals surface area contributed by atoms with Gasteiger partial charge in [-0.2, -0.15) is 0 Å². The Hall–Kier alpha value is -2.11. The van der Waals surface area contributed by atoms with Crippen molar-refractivity contribution in [1.29, 1.82) is 0 Å². The maximum absolute atomic E-state index is 12.9. The SMILES string of the molecule is Cc1cccc(OC2=COC3CC(OCc4cccc(Br)c4)CCC3C2=O)c1. The Morgan fingerprint density at radius 3 is 2.82 bits per heavy atom. The summed E-state index contributed by atoms with van der Waals surface area (Å²) in [5.74, 6) is 0.826. The van der Waals surface area contributed by atoms with Gasteiger partial charge in [0.2, 0.25) is 11.5 Å². The number of aryl methyl sites for hydroxylation is 1. The zero-order valence-electron chi connectivity index (χ0n) is 15.8. The zero-order chi connectivity index (χ0) is 19.5. The second-order valence-electron chi connectivity index (χ2n) is 7.42. The van der Waals surface area contributed by atoms with Gasteiger partial charge in [-0.3, -0.25) is 4.79 Å². The Labute approximate surface area is 173 Å². The Morgan fingerprint density at radius 1 is 1.14 bits per heavy atom. The maximum atomic E-state index is 12.9. The third-order valence-electron chi connectivity index (χ3n) is 5.27. The Bertz CT molecular complexity index is 892. The molecule has 1 saturated carbocycles. The summed E-state index contributed by atoms with van der Waals surface area (Å²) in [5.41, 5.74) is 2.22. The molecule has 0 aromatic heterocycles. The van der Waals surface area contributed by atoms with Crippen LogP contribution in [0.1, 0.15) is 30.4 Å². The lowest BCUT2D eigenvalue weighted by atomic mass is 9.80. The van der Waals surface area contributed by atoms with Crippen LogP contribution in [0.4, 0.5) is 0 Å². The molecular formula is C23H23BrO4. The summed E-state index contributed by atoms with van der Waals surface area (Å²) in [4.78, 5) is 12.9. The van der Waals surface area contributed by atoms with Gasteiger partial charge in [-0.1, -0.05) is 40.2 Å². The summed E-state index contributed by atoms with van der Waals surface area (Å²) < 4.78 is 18.8. The standard InChI is InChI=1S/C23H23BrO4/c1-15-4-2-7-19(10-15)28-22-14-27-21-12-18(8-9-20(21)23(22)25)26-13-16-5-3-6-17(24)11-16/h2-7,10-11,14,18,20-21H,8-9,12-13H2,1H3. The molecule has 1 fully saturated rings. The van der Waals surface area contributed by atoms with Crippen LogP contribution in [0.3, 0.4) is 0 Å². The van der Waals surface area contributed by atoms with E-state index >= 15 is 0 Å². The molecule has 0 spiro atoms. The molecule has 0 bridgehead atoms. The van der Waals surface area contributed by atoms with E-state index in [0.29, 0.717) is 18.1 Å². The number of fused-ring (bicyclic) bond motifs is 1. The third kappa shape index (κ3) is 4.47. The van der Waals surface area contributed by atoms with E-state index in [2.05, 4.69) is 28.1 Å². The van der Waals surface area contributed by atoms with Crippen LogP contribution in [-0.2, 0) is 20.9 Å². The Kier molecular flexibility index (Phi) is 5.83. The predicted molar refractivity (Wildman–Crippen MR) is 110 cm³/mol. The second-order valence-corrected chi connectivity index (χ2v) is 8.34. The van der Waals surface area contributed by atoms with Crippen molar-refractivity contribution in [1.82, 2.24) is 0 Å². The van der Waals surface area contributed by atoms with Gasteiger partial charge in [-0.25, -0.2) is 0 Å². The van der Waals surface area contributed by atoms with Gasteiger partial charge in [-0.15, -0.1) is 0 Å². The molecule has 2 aliphatic rings. The smallest absolute Gasteiger partial charge is 0.207 e. The lowest BCUT2D eigenvalue weighted by Crippen LogP contribution is -2.42. The van der Waals surface area contributed by atoms with Gasteiger partial charge in [0, 0.05) is 10.9 Å².